The van der Waals surface area contributed by atoms with E-state index in [2.05, 4.69) is 10.1 Å². The number of ether oxygens (including phenoxy) is 2. The van der Waals surface area contributed by atoms with Gasteiger partial charge in [0, 0.05) is 12.2 Å². The molecule has 0 bridgehead atoms. The lowest BCUT2D eigenvalue weighted by Crippen LogP contribution is -2.46. The van der Waals surface area contributed by atoms with Gasteiger partial charge in [0.15, 0.2) is 5.75 Å². The van der Waals surface area contributed by atoms with Gasteiger partial charge in [0.2, 0.25) is 5.60 Å². The summed E-state index contributed by atoms with van der Waals surface area (Å²) in [5.74, 6) is -0.709. The molecular formula is C20H20ClF4N3O5S. The minimum Gasteiger partial charge on any atom is -0.483 e. The van der Waals surface area contributed by atoms with Crippen LogP contribution in [0.15, 0.2) is 41.3 Å². The number of carbonyl (C=O) groups excluding carboxylic acids is 1. The molecule has 186 valence electrons. The molecule has 1 atom stereocenters. The van der Waals surface area contributed by atoms with E-state index in [1.807, 2.05) is 0 Å². The first-order chi connectivity index (χ1) is 15.7. The predicted molar refractivity (Wildman–Crippen MR) is 116 cm³/mol. The van der Waals surface area contributed by atoms with Crippen LogP contribution in [-0.4, -0.2) is 45.5 Å². The molecule has 1 unspecified atom stereocenters. The number of alkyl halides is 3. The summed E-state index contributed by atoms with van der Waals surface area (Å²) in [5.41, 5.74) is 2.62. The smallest absolute Gasteiger partial charge is 0.427 e. The van der Waals surface area contributed by atoms with E-state index in [1.165, 1.54) is 0 Å². The van der Waals surface area contributed by atoms with Crippen LogP contribution in [0.3, 0.4) is 0 Å². The van der Waals surface area contributed by atoms with Gasteiger partial charge in [0.05, 0.1) is 22.2 Å². The van der Waals surface area contributed by atoms with Crippen LogP contribution in [0.5, 0.6) is 5.75 Å². The van der Waals surface area contributed by atoms with E-state index >= 15 is 0 Å². The molecule has 2 aromatic carbocycles. The molecule has 3 N–H and O–H groups in total. The number of nitrogens with zero attached hydrogens (tertiary/aromatic N) is 1. The predicted octanol–water partition coefficient (Wildman–Crippen LogP) is 4.28. The van der Waals surface area contributed by atoms with Crippen molar-refractivity contribution in [3.63, 3.8) is 0 Å². The highest BCUT2D eigenvalue weighted by Crippen LogP contribution is 2.44. The monoisotopic (exact) mass is 525 g/mol. The van der Waals surface area contributed by atoms with Gasteiger partial charge >= 0.3 is 12.3 Å². The molecule has 3 rings (SSSR count). The highest BCUT2D eigenvalue weighted by atomic mass is 35.5. The zero-order valence-electron chi connectivity index (χ0n) is 17.8. The Morgan fingerprint density at radius 3 is 2.44 bits per heavy atom. The Balaban J connectivity index is 2.00. The lowest BCUT2D eigenvalue weighted by Gasteiger charge is -2.35. The Bertz CT molecular complexity index is 1190. The first-order valence-electron chi connectivity index (χ1n) is 9.71. The number of sulfonamides is 1. The number of nitrogens with two attached hydrogens (primary N) is 1. The fraction of sp³-hybridized carbons (Fsp3) is 0.350. The van der Waals surface area contributed by atoms with Crippen molar-refractivity contribution in [3.05, 3.63) is 47.2 Å². The molecule has 0 spiro atoms. The van der Waals surface area contributed by atoms with Crippen molar-refractivity contribution in [3.8, 4) is 5.75 Å². The number of fused-ring (bicyclic) bond motifs is 1. The summed E-state index contributed by atoms with van der Waals surface area (Å²) in [5, 5.41) is 1.97. The maximum atomic E-state index is 13.3. The fourth-order valence-electron chi connectivity index (χ4n) is 2.96. The lowest BCUT2D eigenvalue weighted by molar-refractivity contribution is -0.242. The molecule has 34 heavy (non-hydrogen) atoms. The second kappa shape index (κ2) is 9.12. The zero-order valence-corrected chi connectivity index (χ0v) is 19.4. The van der Waals surface area contributed by atoms with Crippen LogP contribution in [0.1, 0.15) is 13.8 Å². The summed E-state index contributed by atoms with van der Waals surface area (Å²) < 4.78 is 90.0. The molecule has 1 aliphatic rings. The molecule has 0 aromatic heterocycles. The molecule has 8 nitrogen and oxygen atoms in total. The molecule has 0 saturated carbocycles. The second-order valence-electron chi connectivity index (χ2n) is 7.79. The van der Waals surface area contributed by atoms with E-state index in [0.29, 0.717) is 13.8 Å². The number of nitrogens with one attached hydrogen (secondary N) is 1. The molecule has 0 radical (unpaired) electrons. The Morgan fingerprint density at radius 2 is 1.88 bits per heavy atom. The van der Waals surface area contributed by atoms with Crippen LogP contribution in [0.2, 0.25) is 5.02 Å². The van der Waals surface area contributed by atoms with Crippen molar-refractivity contribution in [2.45, 2.75) is 36.6 Å². The summed E-state index contributed by atoms with van der Waals surface area (Å²) in [6, 6.07) is 6.38. The van der Waals surface area contributed by atoms with Crippen LogP contribution < -0.4 is 20.1 Å². The van der Waals surface area contributed by atoms with Crippen LogP contribution in [-0.2, 0) is 14.8 Å². The maximum Gasteiger partial charge on any atom is 0.427 e. The van der Waals surface area contributed by atoms with Gasteiger partial charge in [-0.2, -0.15) is 13.2 Å². The highest BCUT2D eigenvalue weighted by Gasteiger charge is 2.51. The number of anilines is 2. The van der Waals surface area contributed by atoms with Crippen molar-refractivity contribution >= 4 is 39.1 Å². The Labute approximate surface area is 197 Å². The minimum absolute atomic E-state index is 0.0654. The Hall–Kier alpha value is -2.77. The third-order valence-corrected chi connectivity index (χ3v) is 6.96. The maximum absolute atomic E-state index is 13.3. The normalized spacial score (nSPS) is 16.5. The summed E-state index contributed by atoms with van der Waals surface area (Å²) >= 11 is 6.23. The average molecular weight is 526 g/mol. The molecule has 14 heteroatoms. The topological polar surface area (TPSA) is 111 Å². The number of hydrogen-bond donors (Lipinski definition) is 2. The fourth-order valence-corrected chi connectivity index (χ4v) is 4.71. The summed E-state index contributed by atoms with van der Waals surface area (Å²) in [7, 11) is -4.27. The van der Waals surface area contributed by atoms with Crippen molar-refractivity contribution in [2.75, 3.05) is 22.7 Å². The zero-order chi connectivity index (χ0) is 25.5. The van der Waals surface area contributed by atoms with E-state index in [1.54, 1.807) is 0 Å². The van der Waals surface area contributed by atoms with Crippen molar-refractivity contribution in [1.29, 1.82) is 0 Å². The second-order valence-corrected chi connectivity index (χ2v) is 10.1. The average Bonchev–Trinajstić information content (AvgIpc) is 2.72. The van der Waals surface area contributed by atoms with Gasteiger partial charge in [-0.1, -0.05) is 11.6 Å². The van der Waals surface area contributed by atoms with Crippen molar-refractivity contribution in [2.24, 2.45) is 5.73 Å². The largest absolute Gasteiger partial charge is 0.483 e. The van der Waals surface area contributed by atoms with Gasteiger partial charge < -0.3 is 15.2 Å². The van der Waals surface area contributed by atoms with E-state index in [9.17, 15) is 30.8 Å². The number of benzene rings is 2. The van der Waals surface area contributed by atoms with Gasteiger partial charge in [-0.25, -0.2) is 17.6 Å². The molecule has 1 heterocycles. The Kier molecular flexibility index (Phi) is 6.93. The number of hydrogen-bond acceptors (Lipinski definition) is 6. The standard InChI is InChI=1S/C20H20ClF4N3O5S/c1-19(2,20(23,24)25)33-18(29)27-12-7-15(21)17-16(8-12)28(10-13(9-26)32-17)34(30,31)14-5-3-11(22)4-6-14/h3-8,13H,9-10,26H2,1-2H3,(H,27,29). The van der Waals surface area contributed by atoms with E-state index in [4.69, 9.17) is 22.1 Å². The van der Waals surface area contributed by atoms with Crippen LogP contribution in [0.25, 0.3) is 0 Å². The number of rotatable bonds is 5. The molecule has 2 aromatic rings. The van der Waals surface area contributed by atoms with E-state index < -0.39 is 39.8 Å². The highest BCUT2D eigenvalue weighted by molar-refractivity contribution is 7.92. The summed E-state index contributed by atoms with van der Waals surface area (Å²) in [6.45, 7) is 1.03. The lowest BCUT2D eigenvalue weighted by atomic mass is 10.1. The molecule has 1 amide bonds. The summed E-state index contributed by atoms with van der Waals surface area (Å²) in [4.78, 5) is 11.9. The van der Waals surface area contributed by atoms with Gasteiger partial charge in [-0.3, -0.25) is 9.62 Å². The van der Waals surface area contributed by atoms with Crippen LogP contribution >= 0.6 is 11.6 Å². The molecule has 0 aliphatic carbocycles. The van der Waals surface area contributed by atoms with Crippen molar-refractivity contribution < 1.29 is 40.2 Å². The Morgan fingerprint density at radius 1 is 1.26 bits per heavy atom. The molecule has 1 aliphatic heterocycles. The molecule has 0 fully saturated rings. The number of carbonyl (C=O) groups is 1. The van der Waals surface area contributed by atoms with Crippen molar-refractivity contribution in [1.82, 2.24) is 0 Å². The minimum atomic E-state index is -4.83. The van der Waals surface area contributed by atoms with Gasteiger partial charge in [0.1, 0.15) is 11.9 Å². The van der Waals surface area contributed by atoms with E-state index in [0.717, 1.165) is 40.7 Å². The van der Waals surface area contributed by atoms with Crippen LogP contribution in [0, 0.1) is 5.82 Å². The third-order valence-electron chi connectivity index (χ3n) is 4.89. The van der Waals surface area contributed by atoms with Gasteiger partial charge in [-0.05, 0) is 50.2 Å². The number of amides is 1. The number of halogens is 5. The first kappa shape index (κ1) is 25.8. The third kappa shape index (κ3) is 5.15. The van der Waals surface area contributed by atoms with Gasteiger partial charge in [-0.15, -0.1) is 0 Å². The van der Waals surface area contributed by atoms with Crippen LogP contribution in [0.4, 0.5) is 33.7 Å². The first-order valence-corrected chi connectivity index (χ1v) is 11.5. The summed E-state index contributed by atoms with van der Waals surface area (Å²) in [6.07, 6.45) is -7.05. The quantitative estimate of drug-likeness (QED) is 0.564. The molecular weight excluding hydrogens is 506 g/mol. The molecule has 0 saturated heterocycles. The van der Waals surface area contributed by atoms with Gasteiger partial charge in [0.25, 0.3) is 10.0 Å². The SMILES string of the molecule is CC(C)(OC(=O)Nc1cc(Cl)c2c(c1)N(S(=O)(=O)c1ccc(F)cc1)CC(CN)O2)C(F)(F)F. The van der Waals surface area contributed by atoms with E-state index in [-0.39, 0.29) is 40.1 Å².